The Hall–Kier alpha value is -3.09. The highest BCUT2D eigenvalue weighted by atomic mass is 19.1. The molecule has 1 heterocycles. The first-order valence-electron chi connectivity index (χ1n) is 8.73. The van der Waals surface area contributed by atoms with Crippen LogP contribution in [-0.2, 0) is 11.3 Å². The van der Waals surface area contributed by atoms with Crippen molar-refractivity contribution in [2.24, 2.45) is 0 Å². The summed E-state index contributed by atoms with van der Waals surface area (Å²) in [6, 6.07) is 10.2. The van der Waals surface area contributed by atoms with E-state index < -0.39 is 11.6 Å². The Balaban J connectivity index is 1.45. The van der Waals surface area contributed by atoms with Gasteiger partial charge in [-0.25, -0.2) is 13.8 Å². The number of hydrogen-bond donors (Lipinski definition) is 1. The number of benzene rings is 2. The molecule has 0 aliphatic rings. The summed E-state index contributed by atoms with van der Waals surface area (Å²) in [5, 5.41) is 3.01. The first kappa shape index (κ1) is 18.7. The Morgan fingerprint density at radius 1 is 1.07 bits per heavy atom. The summed E-state index contributed by atoms with van der Waals surface area (Å²) in [7, 11) is 0. The van der Waals surface area contributed by atoms with Gasteiger partial charge in [-0.1, -0.05) is 18.6 Å². The molecule has 0 radical (unpaired) electrons. The predicted octanol–water partition coefficient (Wildman–Crippen LogP) is 3.87. The Labute approximate surface area is 154 Å². The third kappa shape index (κ3) is 4.75. The van der Waals surface area contributed by atoms with Crippen LogP contribution in [-0.4, -0.2) is 15.5 Å². The quantitative estimate of drug-likeness (QED) is 0.641. The maximum atomic E-state index is 13.5. The molecule has 0 aliphatic carbocycles. The van der Waals surface area contributed by atoms with Gasteiger partial charge in [-0.2, -0.15) is 0 Å². The highest BCUT2D eigenvalue weighted by Gasteiger charge is 2.08. The van der Waals surface area contributed by atoms with Crippen LogP contribution in [0.15, 0.2) is 53.6 Å². The molecule has 1 amide bonds. The summed E-state index contributed by atoms with van der Waals surface area (Å²) < 4.78 is 27.9. The van der Waals surface area contributed by atoms with Crippen LogP contribution in [0.4, 0.5) is 14.5 Å². The normalized spacial score (nSPS) is 10.9. The van der Waals surface area contributed by atoms with E-state index >= 15 is 0 Å². The monoisotopic (exact) mass is 371 g/mol. The molecule has 0 saturated heterocycles. The molecule has 0 unspecified atom stereocenters. The van der Waals surface area contributed by atoms with E-state index in [0.29, 0.717) is 23.9 Å². The van der Waals surface area contributed by atoms with E-state index in [9.17, 15) is 18.4 Å². The molecule has 0 fully saturated rings. The molecule has 3 aromatic rings. The second kappa shape index (κ2) is 8.53. The van der Waals surface area contributed by atoms with Crippen molar-refractivity contribution >= 4 is 22.5 Å². The highest BCUT2D eigenvalue weighted by molar-refractivity contribution is 5.90. The summed E-state index contributed by atoms with van der Waals surface area (Å²) >= 11 is 0. The zero-order chi connectivity index (χ0) is 19.2. The van der Waals surface area contributed by atoms with E-state index in [1.807, 2.05) is 6.07 Å². The van der Waals surface area contributed by atoms with E-state index in [-0.39, 0.29) is 23.6 Å². The SMILES string of the molecule is O=C(CCCCCn1cnc2ccccc2c1=O)Nc1ccc(F)cc1F. The average Bonchev–Trinajstić information content (AvgIpc) is 2.65. The van der Waals surface area contributed by atoms with Crippen LogP contribution in [0.3, 0.4) is 0 Å². The third-order valence-corrected chi connectivity index (χ3v) is 4.24. The number of para-hydroxylation sites is 1. The molecule has 1 N–H and O–H groups in total. The number of nitrogens with one attached hydrogen (secondary N) is 1. The van der Waals surface area contributed by atoms with Gasteiger partial charge in [-0.3, -0.25) is 14.2 Å². The number of rotatable bonds is 7. The van der Waals surface area contributed by atoms with Crippen molar-refractivity contribution in [3.05, 3.63) is 70.8 Å². The number of amides is 1. The number of hydrogen-bond acceptors (Lipinski definition) is 3. The molecule has 0 bridgehead atoms. The van der Waals surface area contributed by atoms with Crippen molar-refractivity contribution in [2.75, 3.05) is 5.32 Å². The van der Waals surface area contributed by atoms with Gasteiger partial charge < -0.3 is 5.32 Å². The van der Waals surface area contributed by atoms with E-state index in [1.54, 1.807) is 22.8 Å². The lowest BCUT2D eigenvalue weighted by Crippen LogP contribution is -2.20. The van der Waals surface area contributed by atoms with Crippen molar-refractivity contribution in [1.29, 1.82) is 0 Å². The number of nitrogens with zero attached hydrogens (tertiary/aromatic N) is 2. The number of unbranched alkanes of at least 4 members (excludes halogenated alkanes) is 2. The van der Waals surface area contributed by atoms with E-state index in [2.05, 4.69) is 10.3 Å². The van der Waals surface area contributed by atoms with Crippen LogP contribution in [0.2, 0.25) is 0 Å². The Kier molecular flexibility index (Phi) is 5.90. The number of carbonyl (C=O) groups is 1. The fourth-order valence-corrected chi connectivity index (χ4v) is 2.81. The number of fused-ring (bicyclic) bond motifs is 1. The summed E-state index contributed by atoms with van der Waals surface area (Å²) in [5.74, 6) is -1.82. The number of aromatic nitrogens is 2. The van der Waals surface area contributed by atoms with Crippen LogP contribution in [0.5, 0.6) is 0 Å². The molecule has 0 aliphatic heterocycles. The van der Waals surface area contributed by atoms with Gasteiger partial charge >= 0.3 is 0 Å². The molecule has 2 aromatic carbocycles. The minimum Gasteiger partial charge on any atom is -0.324 e. The van der Waals surface area contributed by atoms with Gasteiger partial charge in [0.05, 0.1) is 22.9 Å². The molecule has 1 aromatic heterocycles. The van der Waals surface area contributed by atoms with Crippen LogP contribution in [0.25, 0.3) is 10.9 Å². The van der Waals surface area contributed by atoms with Gasteiger partial charge in [-0.05, 0) is 37.1 Å². The molecule has 5 nitrogen and oxygen atoms in total. The lowest BCUT2D eigenvalue weighted by Gasteiger charge is -2.08. The molecule has 7 heteroatoms. The van der Waals surface area contributed by atoms with Gasteiger partial charge in [0, 0.05) is 19.0 Å². The van der Waals surface area contributed by atoms with E-state index in [0.717, 1.165) is 25.0 Å². The van der Waals surface area contributed by atoms with Crippen molar-refractivity contribution in [3.8, 4) is 0 Å². The first-order chi connectivity index (χ1) is 13.0. The highest BCUT2D eigenvalue weighted by Crippen LogP contribution is 2.15. The van der Waals surface area contributed by atoms with E-state index in [1.165, 1.54) is 12.4 Å². The zero-order valence-corrected chi connectivity index (χ0v) is 14.6. The maximum Gasteiger partial charge on any atom is 0.261 e. The fraction of sp³-hybridized carbons (Fsp3) is 0.250. The number of halogens is 2. The Morgan fingerprint density at radius 2 is 1.89 bits per heavy atom. The standard InChI is InChI=1S/C20H19F2N3O2/c21-14-9-10-18(16(22)12-14)24-19(26)8-2-1-5-11-25-13-23-17-7-4-3-6-15(17)20(25)27/h3-4,6-7,9-10,12-13H,1-2,5,8,11H2,(H,24,26). The minimum absolute atomic E-state index is 0.0322. The lowest BCUT2D eigenvalue weighted by molar-refractivity contribution is -0.116. The minimum atomic E-state index is -0.800. The average molecular weight is 371 g/mol. The first-order valence-corrected chi connectivity index (χ1v) is 8.73. The van der Waals surface area contributed by atoms with Crippen LogP contribution < -0.4 is 10.9 Å². The Morgan fingerprint density at radius 3 is 2.70 bits per heavy atom. The van der Waals surface area contributed by atoms with Gasteiger partial charge in [-0.15, -0.1) is 0 Å². The van der Waals surface area contributed by atoms with Crippen LogP contribution >= 0.6 is 0 Å². The predicted molar refractivity (Wildman–Crippen MR) is 99.5 cm³/mol. The van der Waals surface area contributed by atoms with Gasteiger partial charge in [0.25, 0.3) is 5.56 Å². The van der Waals surface area contributed by atoms with Crippen molar-refractivity contribution in [1.82, 2.24) is 9.55 Å². The summed E-state index contributed by atoms with van der Waals surface area (Å²) in [6.07, 6.45) is 3.82. The fourth-order valence-electron chi connectivity index (χ4n) is 2.81. The topological polar surface area (TPSA) is 64.0 Å². The molecule has 3 rings (SSSR count). The molecule has 0 saturated carbocycles. The molecule has 0 atom stereocenters. The van der Waals surface area contributed by atoms with Gasteiger partial charge in [0.1, 0.15) is 11.6 Å². The Bertz CT molecular complexity index is 1020. The molecular formula is C20H19F2N3O2. The van der Waals surface area contributed by atoms with Crippen molar-refractivity contribution < 1.29 is 13.6 Å². The number of carbonyl (C=O) groups excluding carboxylic acids is 1. The third-order valence-electron chi connectivity index (χ3n) is 4.24. The zero-order valence-electron chi connectivity index (χ0n) is 14.6. The summed E-state index contributed by atoms with van der Waals surface area (Å²) in [6.45, 7) is 0.519. The molecule has 27 heavy (non-hydrogen) atoms. The maximum absolute atomic E-state index is 13.5. The van der Waals surface area contributed by atoms with Crippen molar-refractivity contribution in [2.45, 2.75) is 32.2 Å². The summed E-state index contributed by atoms with van der Waals surface area (Å²) in [5.41, 5.74) is 0.559. The van der Waals surface area contributed by atoms with Gasteiger partial charge in [0.2, 0.25) is 5.91 Å². The van der Waals surface area contributed by atoms with Crippen LogP contribution in [0, 0.1) is 11.6 Å². The molecule has 0 spiro atoms. The smallest absolute Gasteiger partial charge is 0.261 e. The van der Waals surface area contributed by atoms with Crippen molar-refractivity contribution in [3.63, 3.8) is 0 Å². The lowest BCUT2D eigenvalue weighted by atomic mass is 10.1. The number of aryl methyl sites for hydroxylation is 1. The summed E-state index contributed by atoms with van der Waals surface area (Å²) in [4.78, 5) is 28.5. The molecular weight excluding hydrogens is 352 g/mol. The van der Waals surface area contributed by atoms with Gasteiger partial charge in [0.15, 0.2) is 0 Å². The second-order valence-corrected chi connectivity index (χ2v) is 6.24. The molecule has 140 valence electrons. The van der Waals surface area contributed by atoms with E-state index in [4.69, 9.17) is 0 Å². The van der Waals surface area contributed by atoms with Crippen LogP contribution in [0.1, 0.15) is 25.7 Å². The second-order valence-electron chi connectivity index (χ2n) is 6.24. The largest absolute Gasteiger partial charge is 0.324 e. The number of anilines is 1.